The fourth-order valence-corrected chi connectivity index (χ4v) is 4.31. The average molecular weight is 457 g/mol. The first-order valence-electron chi connectivity index (χ1n) is 10.4. The molecular formula is C21H25N7O3S. The molecule has 0 bridgehead atoms. The molecule has 0 aliphatic carbocycles. The van der Waals surface area contributed by atoms with Crippen molar-refractivity contribution in [1.29, 1.82) is 0 Å². The molecule has 0 fully saturated rings. The van der Waals surface area contributed by atoms with E-state index in [0.717, 1.165) is 22.3 Å². The summed E-state index contributed by atoms with van der Waals surface area (Å²) in [6.07, 6.45) is 1.39. The molecule has 4 N–H and O–H groups in total. The van der Waals surface area contributed by atoms with Crippen LogP contribution in [0.5, 0.6) is 5.75 Å². The van der Waals surface area contributed by atoms with Crippen molar-refractivity contribution in [1.82, 2.24) is 15.5 Å². The van der Waals surface area contributed by atoms with Crippen molar-refractivity contribution >= 4 is 38.7 Å². The number of fused-ring (bicyclic) bond motifs is 1. The first kappa shape index (κ1) is 20.5. The molecule has 1 atom stereocenters. The maximum absolute atomic E-state index is 12.5. The molecule has 32 heavy (non-hydrogen) atoms. The lowest BCUT2D eigenvalue weighted by Crippen LogP contribution is -2.52. The predicted octanol–water partition coefficient (Wildman–Crippen LogP) is 1.87. The second-order valence-corrected chi connectivity index (χ2v) is 9.64. The van der Waals surface area contributed by atoms with Crippen LogP contribution in [0, 0.1) is 6.92 Å². The van der Waals surface area contributed by atoms with Crippen molar-refractivity contribution in [3.8, 4) is 5.75 Å². The fraction of sp³-hybridized carbons (Fsp3) is 0.286. The van der Waals surface area contributed by atoms with Crippen LogP contribution in [-0.4, -0.2) is 50.8 Å². The lowest BCUT2D eigenvalue weighted by atomic mass is 10.1. The van der Waals surface area contributed by atoms with E-state index in [1.54, 1.807) is 11.9 Å². The van der Waals surface area contributed by atoms with E-state index in [4.69, 9.17) is 11.8 Å². The van der Waals surface area contributed by atoms with Gasteiger partial charge in [-0.15, -0.1) is 0 Å². The van der Waals surface area contributed by atoms with Crippen LogP contribution >= 0.6 is 0 Å². The van der Waals surface area contributed by atoms with Gasteiger partial charge >= 0.3 is 0 Å². The van der Waals surface area contributed by atoms with Gasteiger partial charge in [0.1, 0.15) is 5.75 Å². The number of methoxy groups -OCH3 is 1. The maximum Gasteiger partial charge on any atom is 0.230 e. The van der Waals surface area contributed by atoms with Crippen LogP contribution in [0.1, 0.15) is 19.6 Å². The normalized spacial score (nSPS) is 18.8. The summed E-state index contributed by atoms with van der Waals surface area (Å²) in [5.74, 6) is -1.32. The summed E-state index contributed by atoms with van der Waals surface area (Å²) in [6, 6.07) is 8.32. The highest BCUT2D eigenvalue weighted by Gasteiger charge is 2.34. The smallest absolute Gasteiger partial charge is 0.230 e. The summed E-state index contributed by atoms with van der Waals surface area (Å²) < 4.78 is 38.7. The molecule has 1 unspecified atom stereocenters. The van der Waals surface area contributed by atoms with E-state index >= 15 is 0 Å². The summed E-state index contributed by atoms with van der Waals surface area (Å²) >= 11 is 0. The second-order valence-electron chi connectivity index (χ2n) is 7.36. The number of anilines is 1. The molecule has 0 radical (unpaired) electrons. The van der Waals surface area contributed by atoms with Crippen LogP contribution in [0.2, 0.25) is 0 Å². The molecule has 1 aliphatic rings. The molecule has 0 spiro atoms. The summed E-state index contributed by atoms with van der Waals surface area (Å²) in [5, 5.41) is 11.1. The molecular weight excluding hydrogens is 430 g/mol. The van der Waals surface area contributed by atoms with Gasteiger partial charge in [-0.05, 0) is 43.3 Å². The van der Waals surface area contributed by atoms with E-state index in [9.17, 15) is 8.42 Å². The number of nitrogens with zero attached hydrogens (tertiary/aromatic N) is 4. The number of rotatable bonds is 5. The quantitative estimate of drug-likeness (QED) is 0.533. The van der Waals surface area contributed by atoms with Gasteiger partial charge in [0.2, 0.25) is 11.7 Å². The molecule has 3 aromatic rings. The highest BCUT2D eigenvalue weighted by atomic mass is 32.2. The Bertz CT molecular complexity index is 1400. The number of nitrogens with one attached hydrogen (secondary N) is 2. The standard InChI is InChI=1S/C21H25N7O3S/c1-5-32(29,30)15-7-9-19(31-4)17(11-15)21(22)24-12-23-20(25-21)28(3)14-6-8-16-13(2)26-27-18(16)10-14/h6-12H,5,22H2,1-4H3,(H,26,27)(H,23,24,25)/i9D. The molecule has 1 aliphatic heterocycles. The van der Waals surface area contributed by atoms with Crippen molar-refractivity contribution < 1.29 is 14.5 Å². The van der Waals surface area contributed by atoms with Crippen LogP contribution in [0.4, 0.5) is 5.69 Å². The molecule has 4 rings (SSSR count). The van der Waals surface area contributed by atoms with Gasteiger partial charge in [0.25, 0.3) is 0 Å². The Morgan fingerprint density at radius 3 is 2.81 bits per heavy atom. The number of hydrogen-bond acceptors (Lipinski definition) is 9. The Balaban J connectivity index is 1.80. The Hall–Kier alpha value is -3.44. The van der Waals surface area contributed by atoms with Crippen molar-refractivity contribution in [3.05, 3.63) is 47.6 Å². The number of H-pyrrole nitrogens is 1. The third-order valence-corrected chi connectivity index (χ3v) is 7.11. The van der Waals surface area contributed by atoms with Gasteiger partial charge in [0, 0.05) is 18.1 Å². The highest BCUT2D eigenvalue weighted by molar-refractivity contribution is 7.91. The number of aromatic nitrogens is 2. The Morgan fingerprint density at radius 2 is 2.09 bits per heavy atom. The van der Waals surface area contributed by atoms with Crippen molar-refractivity contribution in [2.24, 2.45) is 15.7 Å². The Morgan fingerprint density at radius 1 is 1.31 bits per heavy atom. The van der Waals surface area contributed by atoms with Crippen molar-refractivity contribution in [2.75, 3.05) is 24.8 Å². The summed E-state index contributed by atoms with van der Waals surface area (Å²) in [5.41, 5.74) is 9.36. The van der Waals surface area contributed by atoms with Crippen LogP contribution in [0.25, 0.3) is 10.9 Å². The van der Waals surface area contributed by atoms with Gasteiger partial charge in [-0.3, -0.25) is 10.8 Å². The first-order chi connectivity index (χ1) is 15.6. The number of aryl methyl sites for hydroxylation is 1. The van der Waals surface area contributed by atoms with Crippen molar-refractivity contribution in [3.63, 3.8) is 0 Å². The molecule has 1 aromatic heterocycles. The molecule has 2 aromatic carbocycles. The lowest BCUT2D eigenvalue weighted by molar-refractivity contribution is 0.368. The van der Waals surface area contributed by atoms with Crippen molar-refractivity contribution in [2.45, 2.75) is 24.5 Å². The Labute approximate surface area is 187 Å². The second kappa shape index (κ2) is 7.92. The number of hydrogen-bond donors (Lipinski definition) is 3. The topological polar surface area (TPSA) is 138 Å². The van der Waals surface area contributed by atoms with E-state index in [1.165, 1.54) is 32.5 Å². The Kier molecular flexibility index (Phi) is 5.06. The number of aromatic amines is 1. The highest BCUT2D eigenvalue weighted by Crippen LogP contribution is 2.32. The largest absolute Gasteiger partial charge is 0.496 e. The molecule has 11 heteroatoms. The third-order valence-electron chi connectivity index (χ3n) is 5.40. The van der Waals surface area contributed by atoms with Crippen LogP contribution in [0.15, 0.2) is 51.3 Å². The van der Waals surface area contributed by atoms with Gasteiger partial charge in [-0.1, -0.05) is 6.92 Å². The number of benzene rings is 2. The molecule has 10 nitrogen and oxygen atoms in total. The van der Waals surface area contributed by atoms with Gasteiger partial charge < -0.3 is 15.0 Å². The molecule has 0 saturated carbocycles. The fourth-order valence-electron chi connectivity index (χ4n) is 3.44. The van der Waals surface area contributed by atoms with E-state index in [1.807, 2.05) is 25.1 Å². The third kappa shape index (κ3) is 3.69. The zero-order valence-corrected chi connectivity index (χ0v) is 19.0. The monoisotopic (exact) mass is 456 g/mol. The molecule has 168 valence electrons. The number of ether oxygens (including phenoxy) is 1. The summed E-state index contributed by atoms with van der Waals surface area (Å²) in [7, 11) is -0.405. The number of sulfone groups is 1. The number of aliphatic imine (C=N–C) groups is 2. The van der Waals surface area contributed by atoms with Crippen LogP contribution in [-0.2, 0) is 15.6 Å². The summed E-state index contributed by atoms with van der Waals surface area (Å²) in [6.45, 7) is 3.46. The van der Waals surface area contributed by atoms with E-state index in [-0.39, 0.29) is 34.0 Å². The van der Waals surface area contributed by atoms with Gasteiger partial charge in [-0.25, -0.2) is 18.4 Å². The first-order valence-corrected chi connectivity index (χ1v) is 11.5. The zero-order chi connectivity index (χ0) is 24.0. The summed E-state index contributed by atoms with van der Waals surface area (Å²) in [4.78, 5) is 10.6. The van der Waals surface area contributed by atoms with E-state index in [0.29, 0.717) is 0 Å². The molecule has 0 amide bonds. The van der Waals surface area contributed by atoms with Gasteiger partial charge in [0.15, 0.2) is 9.84 Å². The van der Waals surface area contributed by atoms with E-state index in [2.05, 4.69) is 25.5 Å². The minimum absolute atomic E-state index is 0.0230. The van der Waals surface area contributed by atoms with Gasteiger partial charge in [0.05, 0.1) is 42.2 Å². The van der Waals surface area contributed by atoms with Crippen LogP contribution < -0.4 is 20.7 Å². The lowest BCUT2D eigenvalue weighted by Gasteiger charge is -2.32. The van der Waals surface area contributed by atoms with Gasteiger partial charge in [-0.2, -0.15) is 5.10 Å². The van der Waals surface area contributed by atoms with E-state index < -0.39 is 15.6 Å². The SMILES string of the molecule is [2H]c1cc(S(=O)(=O)CC)cc(C2(N)N=C(N(C)c3ccc4c(C)n[nH]c4c3)N=CN2)c1OC. The van der Waals surface area contributed by atoms with Crippen LogP contribution in [0.3, 0.4) is 0 Å². The minimum atomic E-state index is -3.59. The maximum atomic E-state index is 12.5. The molecule has 0 saturated heterocycles. The number of guanidine groups is 1. The molecule has 2 heterocycles. The minimum Gasteiger partial charge on any atom is -0.496 e. The number of nitrogens with two attached hydrogens (primary N) is 1. The predicted molar refractivity (Wildman–Crippen MR) is 125 cm³/mol. The zero-order valence-electron chi connectivity index (χ0n) is 19.2. The average Bonchev–Trinajstić information content (AvgIpc) is 3.18.